The Morgan fingerprint density at radius 1 is 0.933 bits per heavy atom. The lowest BCUT2D eigenvalue weighted by atomic mass is 9.85. The number of nitrogens with zero attached hydrogens (tertiary/aromatic N) is 4. The molecule has 2 heterocycles. The SMILES string of the molecule is CCN1C(=O)N(C)C(=O)C12CCN(Cc1ccc(N(C)c3ccccc3)cc1)CC2. The van der Waals surface area contributed by atoms with Gasteiger partial charge in [0.25, 0.3) is 5.91 Å². The van der Waals surface area contributed by atoms with Crippen molar-refractivity contribution in [2.45, 2.75) is 31.8 Å². The molecule has 0 saturated carbocycles. The van der Waals surface area contributed by atoms with Gasteiger partial charge in [-0.05, 0) is 49.6 Å². The zero-order chi connectivity index (χ0) is 21.3. The molecular weight excluding hydrogens is 376 g/mol. The number of hydrogen-bond donors (Lipinski definition) is 0. The van der Waals surface area contributed by atoms with Gasteiger partial charge in [0.05, 0.1) is 0 Å². The summed E-state index contributed by atoms with van der Waals surface area (Å²) in [7, 11) is 3.67. The summed E-state index contributed by atoms with van der Waals surface area (Å²) in [5.74, 6) is -0.0395. The van der Waals surface area contributed by atoms with Crippen molar-refractivity contribution in [3.8, 4) is 0 Å². The second-order valence-corrected chi connectivity index (χ2v) is 8.26. The van der Waals surface area contributed by atoms with Gasteiger partial charge in [-0.2, -0.15) is 0 Å². The second kappa shape index (κ2) is 8.11. The number of benzene rings is 2. The van der Waals surface area contributed by atoms with Crippen molar-refractivity contribution in [3.63, 3.8) is 0 Å². The number of rotatable bonds is 5. The Kier molecular flexibility index (Phi) is 5.52. The lowest BCUT2D eigenvalue weighted by molar-refractivity contribution is -0.134. The molecule has 4 rings (SSSR count). The number of para-hydroxylation sites is 1. The molecule has 6 nitrogen and oxygen atoms in total. The van der Waals surface area contributed by atoms with E-state index in [-0.39, 0.29) is 11.9 Å². The quantitative estimate of drug-likeness (QED) is 0.711. The summed E-state index contributed by atoms with van der Waals surface area (Å²) in [6.07, 6.45) is 1.40. The number of anilines is 2. The number of amides is 3. The van der Waals surface area contributed by atoms with E-state index in [0.29, 0.717) is 19.4 Å². The Labute approximate surface area is 178 Å². The zero-order valence-electron chi connectivity index (χ0n) is 18.0. The van der Waals surface area contributed by atoms with E-state index in [1.54, 1.807) is 11.9 Å². The summed E-state index contributed by atoms with van der Waals surface area (Å²) in [6.45, 7) is 5.01. The van der Waals surface area contributed by atoms with Gasteiger partial charge in [-0.25, -0.2) is 4.79 Å². The van der Waals surface area contributed by atoms with E-state index < -0.39 is 5.54 Å². The molecule has 158 valence electrons. The standard InChI is InChI=1S/C24H30N4O2/c1-4-28-23(30)26(3)22(29)24(28)14-16-27(17-15-24)18-19-10-12-21(13-11-19)25(2)20-8-6-5-7-9-20/h5-13H,4,14-18H2,1-3H3. The largest absolute Gasteiger partial charge is 0.345 e. The van der Waals surface area contributed by atoms with Crippen LogP contribution in [0.5, 0.6) is 0 Å². The average Bonchev–Trinajstić information content (AvgIpc) is 2.96. The molecule has 0 unspecified atom stereocenters. The topological polar surface area (TPSA) is 47.1 Å². The van der Waals surface area contributed by atoms with Crippen molar-refractivity contribution in [3.05, 3.63) is 60.2 Å². The van der Waals surface area contributed by atoms with Crippen LogP contribution in [0.15, 0.2) is 54.6 Å². The van der Waals surface area contributed by atoms with Crippen LogP contribution in [-0.2, 0) is 11.3 Å². The molecule has 0 N–H and O–H groups in total. The van der Waals surface area contributed by atoms with Crippen LogP contribution < -0.4 is 4.90 Å². The van der Waals surface area contributed by atoms with Crippen LogP contribution in [0.3, 0.4) is 0 Å². The van der Waals surface area contributed by atoms with E-state index in [9.17, 15) is 9.59 Å². The van der Waals surface area contributed by atoms with Crippen LogP contribution in [0.25, 0.3) is 0 Å². The van der Waals surface area contributed by atoms with Gasteiger partial charge < -0.3 is 9.80 Å². The number of likely N-dealkylation sites (tertiary alicyclic amines) is 1. The minimum absolute atomic E-state index is 0.0395. The third kappa shape index (κ3) is 3.45. The highest BCUT2D eigenvalue weighted by Gasteiger charge is 2.56. The number of piperidine rings is 1. The molecular formula is C24H30N4O2. The molecule has 6 heteroatoms. The summed E-state index contributed by atoms with van der Waals surface area (Å²) < 4.78 is 0. The van der Waals surface area contributed by atoms with Crippen molar-refractivity contribution in [2.24, 2.45) is 0 Å². The Morgan fingerprint density at radius 3 is 2.13 bits per heavy atom. The van der Waals surface area contributed by atoms with Crippen LogP contribution in [0.2, 0.25) is 0 Å². The van der Waals surface area contributed by atoms with E-state index in [4.69, 9.17) is 0 Å². The molecule has 0 aliphatic carbocycles. The average molecular weight is 407 g/mol. The molecule has 1 spiro atoms. The minimum Gasteiger partial charge on any atom is -0.345 e. The molecule has 30 heavy (non-hydrogen) atoms. The fourth-order valence-electron chi connectivity index (χ4n) is 4.77. The van der Waals surface area contributed by atoms with Crippen LogP contribution in [-0.4, -0.2) is 65.9 Å². The first-order valence-electron chi connectivity index (χ1n) is 10.7. The van der Waals surface area contributed by atoms with Gasteiger partial charge >= 0.3 is 6.03 Å². The number of likely N-dealkylation sites (N-methyl/N-ethyl adjacent to an activating group) is 2. The molecule has 2 fully saturated rings. The highest BCUT2D eigenvalue weighted by atomic mass is 16.2. The molecule has 2 aromatic carbocycles. The first-order chi connectivity index (χ1) is 14.5. The Morgan fingerprint density at radius 2 is 1.53 bits per heavy atom. The fraction of sp³-hybridized carbons (Fsp3) is 0.417. The summed E-state index contributed by atoms with van der Waals surface area (Å²) in [6, 6.07) is 18.8. The van der Waals surface area contributed by atoms with E-state index in [2.05, 4.69) is 53.2 Å². The molecule has 0 bridgehead atoms. The van der Waals surface area contributed by atoms with Crippen LogP contribution >= 0.6 is 0 Å². The number of hydrogen-bond acceptors (Lipinski definition) is 4. The minimum atomic E-state index is -0.640. The zero-order valence-corrected chi connectivity index (χ0v) is 18.0. The summed E-state index contributed by atoms with van der Waals surface area (Å²) in [5, 5.41) is 0. The molecule has 3 amide bonds. The highest BCUT2D eigenvalue weighted by molar-refractivity contribution is 6.06. The van der Waals surface area contributed by atoms with Crippen molar-refractivity contribution in [2.75, 3.05) is 38.6 Å². The second-order valence-electron chi connectivity index (χ2n) is 8.26. The third-order valence-electron chi connectivity index (χ3n) is 6.61. The Hall–Kier alpha value is -2.86. The Bertz CT molecular complexity index is 905. The van der Waals surface area contributed by atoms with Crippen LogP contribution in [0.1, 0.15) is 25.3 Å². The van der Waals surface area contributed by atoms with Gasteiger partial charge in [0.1, 0.15) is 5.54 Å². The third-order valence-corrected chi connectivity index (χ3v) is 6.61. The maximum Gasteiger partial charge on any atom is 0.327 e. The first kappa shape index (κ1) is 20.4. The van der Waals surface area contributed by atoms with Gasteiger partial charge in [-0.3, -0.25) is 14.6 Å². The number of urea groups is 1. The molecule has 2 aliphatic heterocycles. The van der Waals surface area contributed by atoms with E-state index in [1.165, 1.54) is 10.5 Å². The van der Waals surface area contributed by atoms with Crippen molar-refractivity contribution in [1.29, 1.82) is 0 Å². The van der Waals surface area contributed by atoms with Gasteiger partial charge in [-0.15, -0.1) is 0 Å². The molecule has 2 saturated heterocycles. The van der Waals surface area contributed by atoms with Gasteiger partial charge in [0, 0.05) is 51.6 Å². The smallest absolute Gasteiger partial charge is 0.327 e. The van der Waals surface area contributed by atoms with Crippen molar-refractivity contribution < 1.29 is 9.59 Å². The predicted octanol–water partition coefficient (Wildman–Crippen LogP) is 3.70. The summed E-state index contributed by atoms with van der Waals surface area (Å²) >= 11 is 0. The van der Waals surface area contributed by atoms with E-state index in [1.807, 2.05) is 25.1 Å². The first-order valence-corrected chi connectivity index (χ1v) is 10.7. The number of carbonyl (C=O) groups is 2. The molecule has 2 aromatic rings. The summed E-state index contributed by atoms with van der Waals surface area (Å²) in [5.41, 5.74) is 2.93. The van der Waals surface area contributed by atoms with Gasteiger partial charge in [0.2, 0.25) is 0 Å². The normalized spacial score (nSPS) is 19.0. The van der Waals surface area contributed by atoms with Crippen LogP contribution in [0.4, 0.5) is 16.2 Å². The highest BCUT2D eigenvalue weighted by Crippen LogP contribution is 2.36. The van der Waals surface area contributed by atoms with Gasteiger partial charge in [-0.1, -0.05) is 30.3 Å². The summed E-state index contributed by atoms with van der Waals surface area (Å²) in [4.78, 5) is 32.8. The molecule has 0 atom stereocenters. The fourth-order valence-corrected chi connectivity index (χ4v) is 4.77. The maximum atomic E-state index is 12.8. The van der Waals surface area contributed by atoms with E-state index >= 15 is 0 Å². The lowest BCUT2D eigenvalue weighted by Crippen LogP contribution is -2.56. The van der Waals surface area contributed by atoms with Crippen LogP contribution in [0, 0.1) is 0 Å². The van der Waals surface area contributed by atoms with Crippen molar-refractivity contribution >= 4 is 23.3 Å². The molecule has 2 aliphatic rings. The predicted molar refractivity (Wildman–Crippen MR) is 119 cm³/mol. The maximum absolute atomic E-state index is 12.8. The molecule has 0 aromatic heterocycles. The van der Waals surface area contributed by atoms with Gasteiger partial charge in [0.15, 0.2) is 0 Å². The van der Waals surface area contributed by atoms with E-state index in [0.717, 1.165) is 31.0 Å². The molecule has 0 radical (unpaired) electrons. The number of imide groups is 1. The monoisotopic (exact) mass is 406 g/mol. The lowest BCUT2D eigenvalue weighted by Gasteiger charge is -2.42. The number of carbonyl (C=O) groups excluding carboxylic acids is 2. The Balaban J connectivity index is 1.39. The van der Waals surface area contributed by atoms with Crippen molar-refractivity contribution in [1.82, 2.24) is 14.7 Å².